The summed E-state index contributed by atoms with van der Waals surface area (Å²) >= 11 is 0. The number of aromatic amines is 1. The molecule has 0 atom stereocenters. The molecule has 0 bridgehead atoms. The zero-order valence-electron chi connectivity index (χ0n) is 8.88. The standard InChI is InChI=1S/C12H10N2O3/c1-2-9-10(12(16)17)13-14(11(9)15)8-6-4-3-5-7-8/h2-7,13H,1H2,(H,16,17). The Bertz CT molecular complexity index is 623. The maximum absolute atomic E-state index is 11.9. The van der Waals surface area contributed by atoms with E-state index in [2.05, 4.69) is 11.7 Å². The lowest BCUT2D eigenvalue weighted by Crippen LogP contribution is -2.15. The molecule has 1 aromatic heterocycles. The van der Waals surface area contributed by atoms with Gasteiger partial charge in [-0.15, -0.1) is 0 Å². The van der Waals surface area contributed by atoms with Crippen molar-refractivity contribution in [3.05, 3.63) is 58.5 Å². The smallest absolute Gasteiger partial charge is 0.354 e. The molecule has 0 saturated heterocycles. The lowest BCUT2D eigenvalue weighted by atomic mass is 10.2. The van der Waals surface area contributed by atoms with Crippen LogP contribution in [0.3, 0.4) is 0 Å². The van der Waals surface area contributed by atoms with Crippen molar-refractivity contribution in [2.24, 2.45) is 0 Å². The van der Waals surface area contributed by atoms with E-state index < -0.39 is 11.5 Å². The Morgan fingerprint density at radius 2 is 2.00 bits per heavy atom. The van der Waals surface area contributed by atoms with Crippen molar-refractivity contribution < 1.29 is 9.90 Å². The highest BCUT2D eigenvalue weighted by molar-refractivity contribution is 5.89. The van der Waals surface area contributed by atoms with Crippen LogP contribution in [0.5, 0.6) is 0 Å². The minimum absolute atomic E-state index is 0.0568. The van der Waals surface area contributed by atoms with Crippen LogP contribution in [-0.4, -0.2) is 20.9 Å². The summed E-state index contributed by atoms with van der Waals surface area (Å²) in [5.41, 5.74) is 0.0481. The molecule has 0 radical (unpaired) electrons. The molecule has 5 nitrogen and oxygen atoms in total. The second-order valence-corrected chi connectivity index (χ2v) is 3.39. The van der Waals surface area contributed by atoms with Gasteiger partial charge < -0.3 is 5.11 Å². The Morgan fingerprint density at radius 1 is 1.35 bits per heavy atom. The number of hydrogen-bond acceptors (Lipinski definition) is 2. The molecule has 2 rings (SSSR count). The molecule has 0 aliphatic carbocycles. The van der Waals surface area contributed by atoms with Crippen LogP contribution in [0, 0.1) is 0 Å². The van der Waals surface area contributed by atoms with Gasteiger partial charge in [-0.2, -0.15) is 0 Å². The molecule has 2 N–H and O–H groups in total. The Labute approximate surface area is 96.6 Å². The first-order valence-corrected chi connectivity index (χ1v) is 4.91. The molecule has 1 aromatic carbocycles. The highest BCUT2D eigenvalue weighted by Crippen LogP contribution is 2.08. The predicted molar refractivity (Wildman–Crippen MR) is 63.4 cm³/mol. The number of rotatable bonds is 3. The summed E-state index contributed by atoms with van der Waals surface area (Å²) in [4.78, 5) is 22.9. The van der Waals surface area contributed by atoms with Crippen molar-refractivity contribution in [2.75, 3.05) is 0 Å². The van der Waals surface area contributed by atoms with Crippen molar-refractivity contribution in [1.82, 2.24) is 9.78 Å². The fraction of sp³-hybridized carbons (Fsp3) is 0. The average Bonchev–Trinajstić information content (AvgIpc) is 2.67. The zero-order chi connectivity index (χ0) is 12.4. The van der Waals surface area contributed by atoms with E-state index in [0.717, 1.165) is 0 Å². The number of carbonyl (C=O) groups is 1. The van der Waals surface area contributed by atoms with Crippen molar-refractivity contribution in [3.63, 3.8) is 0 Å². The van der Waals surface area contributed by atoms with E-state index in [0.29, 0.717) is 5.69 Å². The van der Waals surface area contributed by atoms with E-state index >= 15 is 0 Å². The van der Waals surface area contributed by atoms with Crippen LogP contribution >= 0.6 is 0 Å². The second kappa shape index (κ2) is 4.13. The molecule has 0 saturated carbocycles. The van der Waals surface area contributed by atoms with Gasteiger partial charge in [-0.1, -0.05) is 30.9 Å². The molecule has 17 heavy (non-hydrogen) atoms. The Morgan fingerprint density at radius 3 is 2.47 bits per heavy atom. The quantitative estimate of drug-likeness (QED) is 0.839. The molecule has 5 heteroatoms. The molecule has 0 unspecified atom stereocenters. The molecule has 0 fully saturated rings. The summed E-state index contributed by atoms with van der Waals surface area (Å²) in [6, 6.07) is 8.74. The SMILES string of the molecule is C=Cc1c(C(=O)O)[nH]n(-c2ccccc2)c1=O. The number of para-hydroxylation sites is 1. The summed E-state index contributed by atoms with van der Waals surface area (Å²) in [7, 11) is 0. The number of nitrogens with one attached hydrogen (secondary N) is 1. The van der Waals surface area contributed by atoms with Crippen LogP contribution in [0.4, 0.5) is 0 Å². The second-order valence-electron chi connectivity index (χ2n) is 3.39. The fourth-order valence-electron chi connectivity index (χ4n) is 1.56. The van der Waals surface area contributed by atoms with Crippen molar-refractivity contribution in [2.45, 2.75) is 0 Å². The first-order chi connectivity index (χ1) is 8.15. The molecule has 86 valence electrons. The Hall–Kier alpha value is -2.56. The topological polar surface area (TPSA) is 75.1 Å². The summed E-state index contributed by atoms with van der Waals surface area (Å²) in [5.74, 6) is -1.19. The number of carboxylic acid groups (broad SMARTS) is 1. The van der Waals surface area contributed by atoms with Gasteiger partial charge in [-0.25, -0.2) is 9.48 Å². The monoisotopic (exact) mass is 230 g/mol. The highest BCUT2D eigenvalue weighted by Gasteiger charge is 2.17. The number of H-pyrrole nitrogens is 1. The van der Waals surface area contributed by atoms with Crippen molar-refractivity contribution >= 4 is 12.0 Å². The van der Waals surface area contributed by atoms with E-state index in [-0.39, 0.29) is 11.3 Å². The maximum atomic E-state index is 11.9. The number of nitrogens with zero attached hydrogens (tertiary/aromatic N) is 1. The van der Waals surface area contributed by atoms with Gasteiger partial charge in [-0.05, 0) is 12.1 Å². The van der Waals surface area contributed by atoms with Gasteiger partial charge >= 0.3 is 5.97 Å². The third kappa shape index (κ3) is 1.78. The normalized spacial score (nSPS) is 10.1. The third-order valence-electron chi connectivity index (χ3n) is 2.36. The van der Waals surface area contributed by atoms with Gasteiger partial charge in [-0.3, -0.25) is 9.89 Å². The summed E-state index contributed by atoms with van der Waals surface area (Å²) in [6.07, 6.45) is 1.24. The van der Waals surface area contributed by atoms with E-state index in [1.165, 1.54) is 10.8 Å². The number of carboxylic acids is 1. The van der Waals surface area contributed by atoms with Gasteiger partial charge in [0.1, 0.15) is 0 Å². The molecule has 0 spiro atoms. The van der Waals surface area contributed by atoms with Gasteiger partial charge in [0.15, 0.2) is 5.69 Å². The number of aromatic carboxylic acids is 1. The average molecular weight is 230 g/mol. The first-order valence-electron chi connectivity index (χ1n) is 4.91. The third-order valence-corrected chi connectivity index (χ3v) is 2.36. The molecular weight excluding hydrogens is 220 g/mol. The number of hydrogen-bond donors (Lipinski definition) is 2. The molecular formula is C12H10N2O3. The largest absolute Gasteiger partial charge is 0.477 e. The van der Waals surface area contributed by atoms with E-state index in [9.17, 15) is 9.59 Å². The van der Waals surface area contributed by atoms with Gasteiger partial charge in [0.25, 0.3) is 5.56 Å². The molecule has 0 amide bonds. The molecule has 0 aliphatic heterocycles. The first kappa shape index (κ1) is 10.9. The number of aromatic nitrogens is 2. The molecule has 0 aliphatic rings. The van der Waals surface area contributed by atoms with Gasteiger partial charge in [0, 0.05) is 0 Å². The molecule has 2 aromatic rings. The Balaban J connectivity index is 2.70. The van der Waals surface area contributed by atoms with E-state index in [1.807, 2.05) is 6.07 Å². The van der Waals surface area contributed by atoms with Crippen LogP contribution in [0.2, 0.25) is 0 Å². The van der Waals surface area contributed by atoms with E-state index in [4.69, 9.17) is 5.11 Å². The van der Waals surface area contributed by atoms with Crippen LogP contribution in [-0.2, 0) is 0 Å². The fourth-order valence-corrected chi connectivity index (χ4v) is 1.56. The zero-order valence-corrected chi connectivity index (χ0v) is 8.88. The van der Waals surface area contributed by atoms with Crippen LogP contribution < -0.4 is 5.56 Å². The Kier molecular flexibility index (Phi) is 2.66. The van der Waals surface area contributed by atoms with E-state index in [1.54, 1.807) is 24.3 Å². The van der Waals surface area contributed by atoms with Gasteiger partial charge in [0.05, 0.1) is 11.3 Å². The lowest BCUT2D eigenvalue weighted by molar-refractivity contribution is 0.0690. The minimum Gasteiger partial charge on any atom is -0.477 e. The molecule has 1 heterocycles. The van der Waals surface area contributed by atoms with Crippen molar-refractivity contribution in [3.8, 4) is 5.69 Å². The van der Waals surface area contributed by atoms with Crippen LogP contribution in [0.15, 0.2) is 41.7 Å². The summed E-state index contributed by atoms with van der Waals surface area (Å²) < 4.78 is 1.18. The van der Waals surface area contributed by atoms with Crippen LogP contribution in [0.25, 0.3) is 11.8 Å². The van der Waals surface area contributed by atoms with Crippen LogP contribution in [0.1, 0.15) is 16.1 Å². The summed E-state index contributed by atoms with van der Waals surface area (Å²) in [6.45, 7) is 3.45. The minimum atomic E-state index is -1.19. The number of benzene rings is 1. The van der Waals surface area contributed by atoms with Crippen molar-refractivity contribution in [1.29, 1.82) is 0 Å². The highest BCUT2D eigenvalue weighted by atomic mass is 16.4. The van der Waals surface area contributed by atoms with Gasteiger partial charge in [0.2, 0.25) is 0 Å². The lowest BCUT2D eigenvalue weighted by Gasteiger charge is -1.99. The predicted octanol–water partition coefficient (Wildman–Crippen LogP) is 1.51. The summed E-state index contributed by atoms with van der Waals surface area (Å²) in [5, 5.41) is 11.5. The maximum Gasteiger partial charge on any atom is 0.354 e.